The van der Waals surface area contributed by atoms with Crippen LogP contribution < -0.4 is 0 Å². The van der Waals surface area contributed by atoms with Crippen molar-refractivity contribution in [2.45, 2.75) is 13.3 Å². The molecule has 1 N–H and O–H groups in total. The summed E-state index contributed by atoms with van der Waals surface area (Å²) in [5.74, 6) is 6.83. The van der Waals surface area contributed by atoms with Gasteiger partial charge in [0.15, 0.2) is 5.12 Å². The average molecular weight is 323 g/mol. The molecule has 0 saturated carbocycles. The Morgan fingerprint density at radius 1 is 1.56 bits per heavy atom. The van der Waals surface area contributed by atoms with Gasteiger partial charge in [0.05, 0.1) is 5.52 Å². The number of hydrogen-bond acceptors (Lipinski definition) is 3. The third-order valence-electron chi connectivity index (χ3n) is 2.26. The first-order valence-electron chi connectivity index (χ1n) is 5.42. The second-order valence-corrected chi connectivity index (χ2v) is 5.84. The van der Waals surface area contributed by atoms with Crippen LogP contribution in [-0.4, -0.2) is 21.1 Å². The number of rotatable bonds is 2. The Morgan fingerprint density at radius 2 is 2.39 bits per heavy atom. The van der Waals surface area contributed by atoms with Crippen LogP contribution in [0.2, 0.25) is 0 Å². The van der Waals surface area contributed by atoms with Crippen molar-refractivity contribution in [3.05, 3.63) is 28.4 Å². The van der Waals surface area contributed by atoms with Gasteiger partial charge in [0, 0.05) is 29.0 Å². The monoisotopic (exact) mass is 322 g/mol. The number of benzene rings is 1. The van der Waals surface area contributed by atoms with Gasteiger partial charge in [-0.3, -0.25) is 9.89 Å². The smallest absolute Gasteiger partial charge is 0.185 e. The van der Waals surface area contributed by atoms with E-state index in [1.165, 1.54) is 11.8 Å². The van der Waals surface area contributed by atoms with Crippen LogP contribution in [0.4, 0.5) is 0 Å². The fraction of sp³-hybridized carbons (Fsp3) is 0.231. The SMILES string of the molecule is CC(=O)SCCC#Cc1[nH]nc2cc(Br)ccc12. The summed E-state index contributed by atoms with van der Waals surface area (Å²) < 4.78 is 0.999. The molecule has 0 aliphatic heterocycles. The highest BCUT2D eigenvalue weighted by molar-refractivity contribution is 9.10. The maximum atomic E-state index is 10.7. The van der Waals surface area contributed by atoms with Gasteiger partial charge in [0.1, 0.15) is 5.69 Å². The Labute approximate surface area is 118 Å². The fourth-order valence-electron chi connectivity index (χ4n) is 1.48. The lowest BCUT2D eigenvalue weighted by Gasteiger charge is -1.90. The molecule has 0 spiro atoms. The van der Waals surface area contributed by atoms with Crippen LogP contribution in [0.25, 0.3) is 10.9 Å². The molecule has 0 unspecified atom stereocenters. The lowest BCUT2D eigenvalue weighted by Crippen LogP contribution is -1.84. The topological polar surface area (TPSA) is 45.8 Å². The molecule has 92 valence electrons. The predicted octanol–water partition coefficient (Wildman–Crippen LogP) is 3.35. The Morgan fingerprint density at radius 3 is 3.17 bits per heavy atom. The fourth-order valence-corrected chi connectivity index (χ4v) is 2.32. The molecule has 0 saturated heterocycles. The van der Waals surface area contributed by atoms with E-state index in [1.807, 2.05) is 18.2 Å². The molecule has 0 fully saturated rings. The van der Waals surface area contributed by atoms with Crippen molar-refractivity contribution < 1.29 is 4.79 Å². The Balaban J connectivity index is 2.08. The number of H-pyrrole nitrogens is 1. The number of fused-ring (bicyclic) bond motifs is 1. The molecular weight excluding hydrogens is 312 g/mol. The van der Waals surface area contributed by atoms with Crippen molar-refractivity contribution in [2.24, 2.45) is 0 Å². The van der Waals surface area contributed by atoms with Gasteiger partial charge in [-0.2, -0.15) is 5.10 Å². The third kappa shape index (κ3) is 3.37. The van der Waals surface area contributed by atoms with E-state index >= 15 is 0 Å². The standard InChI is InChI=1S/C13H11BrN2OS/c1-9(17)18-7-3-2-4-12-11-6-5-10(14)8-13(11)16-15-12/h5-6,8H,3,7H2,1H3,(H,15,16). The van der Waals surface area contributed by atoms with Crippen LogP contribution in [-0.2, 0) is 4.79 Å². The molecular formula is C13H11BrN2OS. The number of nitrogens with one attached hydrogen (secondary N) is 1. The summed E-state index contributed by atoms with van der Waals surface area (Å²) in [6.07, 6.45) is 0.696. The maximum absolute atomic E-state index is 10.7. The van der Waals surface area contributed by atoms with Crippen LogP contribution in [0.1, 0.15) is 19.0 Å². The lowest BCUT2D eigenvalue weighted by molar-refractivity contribution is -0.109. The first-order chi connectivity index (χ1) is 8.66. The third-order valence-corrected chi connectivity index (χ3v) is 3.57. The van der Waals surface area contributed by atoms with Crippen LogP contribution in [0, 0.1) is 11.8 Å². The number of thioether (sulfide) groups is 1. The quantitative estimate of drug-likeness (QED) is 0.681. The minimum absolute atomic E-state index is 0.133. The summed E-state index contributed by atoms with van der Waals surface area (Å²) in [6, 6.07) is 5.90. The summed E-state index contributed by atoms with van der Waals surface area (Å²) in [5.41, 5.74) is 1.72. The molecule has 1 heterocycles. The molecule has 18 heavy (non-hydrogen) atoms. The summed E-state index contributed by atoms with van der Waals surface area (Å²) in [7, 11) is 0. The summed E-state index contributed by atoms with van der Waals surface area (Å²) >= 11 is 4.70. The predicted molar refractivity (Wildman–Crippen MR) is 78.4 cm³/mol. The molecule has 2 rings (SSSR count). The number of aromatic amines is 1. The van der Waals surface area contributed by atoms with E-state index in [0.717, 1.165) is 26.8 Å². The molecule has 0 amide bonds. The molecule has 5 heteroatoms. The number of carbonyl (C=O) groups is 1. The van der Waals surface area contributed by atoms with Gasteiger partial charge >= 0.3 is 0 Å². The molecule has 0 aliphatic rings. The van der Waals surface area contributed by atoms with E-state index < -0.39 is 0 Å². The van der Waals surface area contributed by atoms with Crippen LogP contribution in [0.3, 0.4) is 0 Å². The molecule has 0 bridgehead atoms. The lowest BCUT2D eigenvalue weighted by atomic mass is 10.2. The number of aromatic nitrogens is 2. The summed E-state index contributed by atoms with van der Waals surface area (Å²) in [5, 5.41) is 8.26. The molecule has 0 atom stereocenters. The van der Waals surface area contributed by atoms with Crippen LogP contribution in [0.5, 0.6) is 0 Å². The second kappa shape index (κ2) is 6.07. The number of nitrogens with zero attached hydrogens (tertiary/aromatic N) is 1. The van der Waals surface area contributed by atoms with Gasteiger partial charge < -0.3 is 0 Å². The van der Waals surface area contributed by atoms with E-state index in [-0.39, 0.29) is 5.12 Å². The first kappa shape index (κ1) is 13.2. The Kier molecular flexibility index (Phi) is 4.45. The number of halogens is 1. The Hall–Kier alpha value is -1.25. The average Bonchev–Trinajstić information content (AvgIpc) is 2.70. The Bertz CT molecular complexity index is 639. The first-order valence-corrected chi connectivity index (χ1v) is 7.20. The van der Waals surface area contributed by atoms with Gasteiger partial charge in [0.25, 0.3) is 0 Å². The van der Waals surface area contributed by atoms with E-state index in [4.69, 9.17) is 0 Å². The van der Waals surface area contributed by atoms with E-state index in [2.05, 4.69) is 38.0 Å². The van der Waals surface area contributed by atoms with Crippen LogP contribution >= 0.6 is 27.7 Å². The summed E-state index contributed by atoms with van der Waals surface area (Å²) in [6.45, 7) is 1.57. The van der Waals surface area contributed by atoms with Gasteiger partial charge in [-0.15, -0.1) is 0 Å². The normalized spacial score (nSPS) is 10.1. The molecule has 1 aromatic carbocycles. The molecule has 0 aliphatic carbocycles. The van der Waals surface area contributed by atoms with Crippen molar-refractivity contribution >= 4 is 43.7 Å². The van der Waals surface area contributed by atoms with Gasteiger partial charge in [0.2, 0.25) is 0 Å². The molecule has 1 aromatic heterocycles. The van der Waals surface area contributed by atoms with Gasteiger partial charge in [-0.1, -0.05) is 33.6 Å². The zero-order valence-electron chi connectivity index (χ0n) is 9.79. The summed E-state index contributed by atoms with van der Waals surface area (Å²) in [4.78, 5) is 10.7. The van der Waals surface area contributed by atoms with Crippen molar-refractivity contribution in [1.82, 2.24) is 10.2 Å². The van der Waals surface area contributed by atoms with E-state index in [9.17, 15) is 4.79 Å². The van der Waals surface area contributed by atoms with E-state index in [1.54, 1.807) is 6.92 Å². The number of hydrogen-bond donors (Lipinski definition) is 1. The highest BCUT2D eigenvalue weighted by atomic mass is 79.9. The van der Waals surface area contributed by atoms with Crippen molar-refractivity contribution in [3.8, 4) is 11.8 Å². The molecule has 2 aromatic rings. The van der Waals surface area contributed by atoms with E-state index in [0.29, 0.717) is 6.42 Å². The highest BCUT2D eigenvalue weighted by Gasteiger charge is 2.02. The largest absolute Gasteiger partial charge is 0.288 e. The van der Waals surface area contributed by atoms with Crippen molar-refractivity contribution in [2.75, 3.05) is 5.75 Å². The van der Waals surface area contributed by atoms with Crippen molar-refractivity contribution in [3.63, 3.8) is 0 Å². The van der Waals surface area contributed by atoms with Gasteiger partial charge in [-0.05, 0) is 24.1 Å². The van der Waals surface area contributed by atoms with Crippen molar-refractivity contribution in [1.29, 1.82) is 0 Å². The number of carbonyl (C=O) groups excluding carboxylic acids is 1. The minimum atomic E-state index is 0.133. The molecule has 0 radical (unpaired) electrons. The zero-order chi connectivity index (χ0) is 13.0. The minimum Gasteiger partial charge on any atom is -0.288 e. The van der Waals surface area contributed by atoms with Crippen LogP contribution in [0.15, 0.2) is 22.7 Å². The van der Waals surface area contributed by atoms with Gasteiger partial charge in [-0.25, -0.2) is 0 Å². The zero-order valence-corrected chi connectivity index (χ0v) is 12.2. The second-order valence-electron chi connectivity index (χ2n) is 3.65. The molecule has 3 nitrogen and oxygen atoms in total. The highest BCUT2D eigenvalue weighted by Crippen LogP contribution is 2.19. The maximum Gasteiger partial charge on any atom is 0.185 e.